The summed E-state index contributed by atoms with van der Waals surface area (Å²) in [5.74, 6) is -0.226. The number of aryl methyl sites for hydroxylation is 1. The van der Waals surface area contributed by atoms with Crippen molar-refractivity contribution in [3.63, 3.8) is 0 Å². The van der Waals surface area contributed by atoms with Crippen molar-refractivity contribution in [1.82, 2.24) is 4.90 Å². The Balaban J connectivity index is 1.72. The van der Waals surface area contributed by atoms with Crippen molar-refractivity contribution in [2.75, 3.05) is 11.8 Å². The molecular weight excluding hydrogens is 410 g/mol. The van der Waals surface area contributed by atoms with Crippen molar-refractivity contribution in [2.24, 2.45) is 0 Å². The van der Waals surface area contributed by atoms with E-state index in [9.17, 15) is 13.2 Å². The maximum Gasteiger partial charge on any atom is 0.261 e. The molecule has 7 heteroatoms. The Bertz CT molecular complexity index is 1240. The molecule has 3 rings (SSSR count). The van der Waals surface area contributed by atoms with Gasteiger partial charge in [-0.25, -0.2) is 8.42 Å². The third-order valence-electron chi connectivity index (χ3n) is 5.11. The molecule has 3 aromatic rings. The van der Waals surface area contributed by atoms with Crippen LogP contribution in [0.4, 0.5) is 5.69 Å². The predicted octanol–water partition coefficient (Wildman–Crippen LogP) is 4.25. The summed E-state index contributed by atoms with van der Waals surface area (Å²) in [5, 5.41) is 8.87. The third kappa shape index (κ3) is 5.11. The summed E-state index contributed by atoms with van der Waals surface area (Å²) in [6, 6.07) is 20.4. The molecule has 0 aliphatic heterocycles. The van der Waals surface area contributed by atoms with Crippen LogP contribution in [0.1, 0.15) is 32.6 Å². The van der Waals surface area contributed by atoms with Gasteiger partial charge in [-0.3, -0.25) is 9.52 Å². The van der Waals surface area contributed by atoms with Crippen molar-refractivity contribution in [2.45, 2.75) is 25.3 Å². The highest BCUT2D eigenvalue weighted by Crippen LogP contribution is 2.22. The van der Waals surface area contributed by atoms with Crippen LogP contribution in [0.15, 0.2) is 71.6 Å². The zero-order valence-corrected chi connectivity index (χ0v) is 18.4. The highest BCUT2D eigenvalue weighted by atomic mass is 32.2. The first-order valence-corrected chi connectivity index (χ1v) is 11.1. The smallest absolute Gasteiger partial charge is 0.261 e. The third-order valence-corrected chi connectivity index (χ3v) is 6.49. The number of anilines is 1. The second-order valence-corrected chi connectivity index (χ2v) is 9.03. The fraction of sp³-hybridized carbons (Fsp3) is 0.167. The van der Waals surface area contributed by atoms with E-state index in [-0.39, 0.29) is 10.8 Å². The monoisotopic (exact) mass is 433 g/mol. The maximum atomic E-state index is 12.7. The standard InChI is InChI=1S/C24H23N3O3S/c1-17-5-4-6-23(18(17)2)26-31(29,30)22-13-11-21(12-14-22)24(28)27(3)16-20-9-7-19(15-25)8-10-20/h4-14,26H,16H2,1-3H3. The molecule has 0 radical (unpaired) electrons. The molecule has 0 saturated carbocycles. The molecule has 0 unspecified atom stereocenters. The molecule has 0 aliphatic carbocycles. The van der Waals surface area contributed by atoms with E-state index in [1.165, 1.54) is 24.3 Å². The molecule has 3 aromatic carbocycles. The van der Waals surface area contributed by atoms with E-state index in [2.05, 4.69) is 10.8 Å². The minimum atomic E-state index is -3.77. The van der Waals surface area contributed by atoms with E-state index in [0.717, 1.165) is 16.7 Å². The maximum absolute atomic E-state index is 12.7. The molecule has 31 heavy (non-hydrogen) atoms. The fourth-order valence-electron chi connectivity index (χ4n) is 3.09. The van der Waals surface area contributed by atoms with Crippen LogP contribution >= 0.6 is 0 Å². The number of amides is 1. The van der Waals surface area contributed by atoms with Gasteiger partial charge in [-0.15, -0.1) is 0 Å². The van der Waals surface area contributed by atoms with E-state index in [0.29, 0.717) is 23.4 Å². The molecule has 0 fully saturated rings. The first-order valence-electron chi connectivity index (χ1n) is 9.65. The molecule has 0 atom stereocenters. The first-order chi connectivity index (χ1) is 14.7. The number of rotatable bonds is 6. The number of carbonyl (C=O) groups is 1. The highest BCUT2D eigenvalue weighted by molar-refractivity contribution is 7.92. The Morgan fingerprint density at radius 3 is 2.26 bits per heavy atom. The SMILES string of the molecule is Cc1cccc(NS(=O)(=O)c2ccc(C(=O)N(C)Cc3ccc(C#N)cc3)cc2)c1C. The van der Waals surface area contributed by atoms with Crippen molar-refractivity contribution >= 4 is 21.6 Å². The van der Waals surface area contributed by atoms with Gasteiger partial charge in [0.05, 0.1) is 22.2 Å². The summed E-state index contributed by atoms with van der Waals surface area (Å²) in [5.41, 5.74) is 4.23. The van der Waals surface area contributed by atoms with Crippen molar-refractivity contribution < 1.29 is 13.2 Å². The van der Waals surface area contributed by atoms with Crippen LogP contribution < -0.4 is 4.72 Å². The molecule has 1 N–H and O–H groups in total. The van der Waals surface area contributed by atoms with Crippen LogP contribution in [0.3, 0.4) is 0 Å². The zero-order chi connectivity index (χ0) is 22.6. The number of hydrogen-bond acceptors (Lipinski definition) is 4. The summed E-state index contributed by atoms with van der Waals surface area (Å²) in [6.45, 7) is 4.15. The van der Waals surface area contributed by atoms with Gasteiger partial charge in [0.1, 0.15) is 0 Å². The lowest BCUT2D eigenvalue weighted by molar-refractivity contribution is 0.0785. The highest BCUT2D eigenvalue weighted by Gasteiger charge is 2.18. The van der Waals surface area contributed by atoms with E-state index in [1.807, 2.05) is 19.9 Å². The number of benzene rings is 3. The van der Waals surface area contributed by atoms with E-state index in [4.69, 9.17) is 5.26 Å². The van der Waals surface area contributed by atoms with Crippen LogP contribution in [0.2, 0.25) is 0 Å². The average molecular weight is 434 g/mol. The molecule has 1 amide bonds. The zero-order valence-electron chi connectivity index (χ0n) is 17.6. The molecule has 0 aliphatic rings. The lowest BCUT2D eigenvalue weighted by Crippen LogP contribution is -2.26. The van der Waals surface area contributed by atoms with Crippen molar-refractivity contribution in [1.29, 1.82) is 5.26 Å². The Hall–Kier alpha value is -3.63. The lowest BCUT2D eigenvalue weighted by atomic mass is 10.1. The molecular formula is C24H23N3O3S. The molecule has 0 saturated heterocycles. The van der Waals surface area contributed by atoms with Gasteiger partial charge in [-0.2, -0.15) is 5.26 Å². The minimum Gasteiger partial charge on any atom is -0.337 e. The van der Waals surface area contributed by atoms with Crippen molar-refractivity contribution in [3.05, 3.63) is 94.5 Å². The Kier molecular flexibility index (Phi) is 6.42. The number of nitrogens with zero attached hydrogens (tertiary/aromatic N) is 2. The van der Waals surface area contributed by atoms with Crippen LogP contribution in [-0.2, 0) is 16.6 Å². The number of carbonyl (C=O) groups excluding carboxylic acids is 1. The van der Waals surface area contributed by atoms with Crippen LogP contribution in [0.5, 0.6) is 0 Å². The summed E-state index contributed by atoms with van der Waals surface area (Å²) in [7, 11) is -2.10. The van der Waals surface area contributed by atoms with Gasteiger partial charge in [-0.05, 0) is 73.0 Å². The average Bonchev–Trinajstić information content (AvgIpc) is 2.77. The topological polar surface area (TPSA) is 90.3 Å². The van der Waals surface area contributed by atoms with Crippen LogP contribution in [-0.4, -0.2) is 26.3 Å². The van der Waals surface area contributed by atoms with Crippen LogP contribution in [0.25, 0.3) is 0 Å². The molecule has 0 bridgehead atoms. The normalized spacial score (nSPS) is 10.9. The summed E-state index contributed by atoms with van der Waals surface area (Å²) >= 11 is 0. The van der Waals surface area contributed by atoms with Gasteiger partial charge in [0.15, 0.2) is 0 Å². The Morgan fingerprint density at radius 1 is 1.00 bits per heavy atom. The van der Waals surface area contributed by atoms with Gasteiger partial charge < -0.3 is 4.90 Å². The van der Waals surface area contributed by atoms with E-state index < -0.39 is 10.0 Å². The van der Waals surface area contributed by atoms with Gasteiger partial charge >= 0.3 is 0 Å². The van der Waals surface area contributed by atoms with Crippen LogP contribution in [0, 0.1) is 25.2 Å². The quantitative estimate of drug-likeness (QED) is 0.629. The number of sulfonamides is 1. The minimum absolute atomic E-state index is 0.0831. The predicted molar refractivity (Wildman–Crippen MR) is 120 cm³/mol. The molecule has 0 aromatic heterocycles. The van der Waals surface area contributed by atoms with Gasteiger partial charge in [0, 0.05) is 19.2 Å². The molecule has 158 valence electrons. The Labute approximate surface area is 182 Å². The second kappa shape index (κ2) is 9.02. The lowest BCUT2D eigenvalue weighted by Gasteiger charge is -2.18. The van der Waals surface area contributed by atoms with Gasteiger partial charge in [0.2, 0.25) is 0 Å². The molecule has 0 heterocycles. The van der Waals surface area contributed by atoms with Crippen molar-refractivity contribution in [3.8, 4) is 6.07 Å². The number of nitrogens with one attached hydrogen (secondary N) is 1. The number of nitriles is 1. The first kappa shape index (κ1) is 22.1. The summed E-state index contributed by atoms with van der Waals surface area (Å²) < 4.78 is 28.1. The van der Waals surface area contributed by atoms with Gasteiger partial charge in [0.25, 0.3) is 15.9 Å². The molecule has 6 nitrogen and oxygen atoms in total. The summed E-state index contributed by atoms with van der Waals surface area (Å²) in [4.78, 5) is 14.3. The summed E-state index contributed by atoms with van der Waals surface area (Å²) in [6.07, 6.45) is 0. The second-order valence-electron chi connectivity index (χ2n) is 7.35. The van der Waals surface area contributed by atoms with E-state index >= 15 is 0 Å². The number of hydrogen-bond donors (Lipinski definition) is 1. The fourth-order valence-corrected chi connectivity index (χ4v) is 4.22. The molecule has 0 spiro atoms. The van der Waals surface area contributed by atoms with Gasteiger partial charge in [-0.1, -0.05) is 24.3 Å². The Morgan fingerprint density at radius 2 is 1.65 bits per heavy atom. The van der Waals surface area contributed by atoms with E-state index in [1.54, 1.807) is 48.3 Å². The largest absolute Gasteiger partial charge is 0.337 e.